The van der Waals surface area contributed by atoms with Crippen molar-refractivity contribution in [2.24, 2.45) is 16.6 Å². The quantitative estimate of drug-likeness (QED) is 0.632. The topological polar surface area (TPSA) is 68.7 Å². The minimum Gasteiger partial charge on any atom is -0.361 e. The Morgan fingerprint density at radius 3 is 2.76 bits per heavy atom. The van der Waals surface area contributed by atoms with E-state index >= 15 is 0 Å². The minimum absolute atomic E-state index is 0.362. The molecule has 138 valence electrons. The van der Waals surface area contributed by atoms with Crippen LogP contribution in [0.25, 0.3) is 0 Å². The zero-order valence-corrected chi connectivity index (χ0v) is 16.3. The van der Waals surface area contributed by atoms with E-state index in [1.54, 1.807) is 0 Å². The van der Waals surface area contributed by atoms with Crippen LogP contribution in [-0.4, -0.2) is 55.5 Å². The van der Waals surface area contributed by atoms with Gasteiger partial charge in [-0.3, -0.25) is 4.99 Å². The second kappa shape index (κ2) is 10.7. The number of allylic oxidation sites excluding steroid dienone is 4. The highest BCUT2D eigenvalue weighted by atomic mass is 15.3. The van der Waals surface area contributed by atoms with Crippen molar-refractivity contribution in [3.05, 3.63) is 47.5 Å². The van der Waals surface area contributed by atoms with Gasteiger partial charge >= 0.3 is 0 Å². The molecule has 1 unspecified atom stereocenters. The molecule has 0 saturated heterocycles. The first kappa shape index (κ1) is 20.9. The van der Waals surface area contributed by atoms with Gasteiger partial charge in [-0.1, -0.05) is 25.2 Å². The highest BCUT2D eigenvalue weighted by Gasteiger charge is 2.16. The number of aliphatic imine (C=N–C) groups is 1. The Morgan fingerprint density at radius 2 is 2.20 bits per heavy atom. The first-order chi connectivity index (χ1) is 11.9. The van der Waals surface area contributed by atoms with Gasteiger partial charge in [0.05, 0.1) is 5.70 Å². The summed E-state index contributed by atoms with van der Waals surface area (Å²) in [5.41, 5.74) is 8.84. The van der Waals surface area contributed by atoms with E-state index in [1.807, 2.05) is 19.9 Å². The van der Waals surface area contributed by atoms with Crippen LogP contribution < -0.4 is 5.73 Å². The van der Waals surface area contributed by atoms with Crippen LogP contribution in [0.1, 0.15) is 27.2 Å². The summed E-state index contributed by atoms with van der Waals surface area (Å²) < 4.78 is 0. The molecule has 0 aliphatic carbocycles. The van der Waals surface area contributed by atoms with Crippen molar-refractivity contribution in [2.45, 2.75) is 27.2 Å². The van der Waals surface area contributed by atoms with Gasteiger partial charge in [0, 0.05) is 32.9 Å². The lowest BCUT2D eigenvalue weighted by atomic mass is 10.1. The summed E-state index contributed by atoms with van der Waals surface area (Å²) in [6.45, 7) is 8.45. The van der Waals surface area contributed by atoms with Crippen LogP contribution in [0.2, 0.25) is 0 Å². The first-order valence-corrected chi connectivity index (χ1v) is 8.85. The number of hydrogen-bond acceptors (Lipinski definition) is 5. The molecule has 3 N–H and O–H groups in total. The van der Waals surface area contributed by atoms with Crippen LogP contribution in [0.4, 0.5) is 0 Å². The molecule has 1 aliphatic rings. The van der Waals surface area contributed by atoms with Crippen molar-refractivity contribution >= 4 is 11.9 Å². The third kappa shape index (κ3) is 6.70. The van der Waals surface area contributed by atoms with E-state index in [1.165, 1.54) is 17.6 Å². The van der Waals surface area contributed by atoms with E-state index in [0.29, 0.717) is 12.5 Å². The number of nitrogens with zero attached hydrogens (tertiary/aromatic N) is 3. The van der Waals surface area contributed by atoms with Gasteiger partial charge in [-0.2, -0.15) is 0 Å². The predicted molar refractivity (Wildman–Crippen MR) is 109 cm³/mol. The standard InChI is InChI=1S/C20H33N5/c1-6-19(23-17(3)9-8-16(2)14-22)18-10-11-20(25(5)15-18)24(4)13-7-12-21/h6,8-12,16,21H,7,13-15,22H2,1-5H3/b9-8-,19-6-,21-12?,23-17-. The Labute approximate surface area is 152 Å². The van der Waals surface area contributed by atoms with Crippen LogP contribution >= 0.6 is 0 Å². The lowest BCUT2D eigenvalue weighted by Crippen LogP contribution is -2.34. The van der Waals surface area contributed by atoms with E-state index in [9.17, 15) is 0 Å². The summed E-state index contributed by atoms with van der Waals surface area (Å²) in [7, 11) is 4.15. The molecule has 1 heterocycles. The zero-order chi connectivity index (χ0) is 18.8. The van der Waals surface area contributed by atoms with Crippen LogP contribution in [0.3, 0.4) is 0 Å². The van der Waals surface area contributed by atoms with E-state index < -0.39 is 0 Å². The van der Waals surface area contributed by atoms with Gasteiger partial charge in [-0.05, 0) is 56.7 Å². The summed E-state index contributed by atoms with van der Waals surface area (Å²) in [4.78, 5) is 9.16. The largest absolute Gasteiger partial charge is 0.361 e. The summed E-state index contributed by atoms with van der Waals surface area (Å²) in [6, 6.07) is 0. The highest BCUT2D eigenvalue weighted by Crippen LogP contribution is 2.22. The molecule has 0 spiro atoms. The molecule has 1 aliphatic heterocycles. The summed E-state index contributed by atoms with van der Waals surface area (Å²) >= 11 is 0. The number of rotatable bonds is 9. The molecule has 0 aromatic carbocycles. The second-order valence-corrected chi connectivity index (χ2v) is 6.49. The molecule has 0 amide bonds. The van der Waals surface area contributed by atoms with Crippen LogP contribution in [0.5, 0.6) is 0 Å². The number of likely N-dealkylation sites (N-methyl/N-ethyl adjacent to an activating group) is 1. The van der Waals surface area contributed by atoms with Crippen LogP contribution in [0, 0.1) is 11.3 Å². The van der Waals surface area contributed by atoms with Crippen molar-refractivity contribution in [3.63, 3.8) is 0 Å². The third-order valence-electron chi connectivity index (χ3n) is 4.17. The molecule has 1 atom stereocenters. The van der Waals surface area contributed by atoms with Crippen molar-refractivity contribution in [2.75, 3.05) is 33.7 Å². The van der Waals surface area contributed by atoms with Crippen molar-refractivity contribution in [1.82, 2.24) is 9.80 Å². The summed E-state index contributed by atoms with van der Waals surface area (Å²) in [5.74, 6) is 1.53. The van der Waals surface area contributed by atoms with E-state index in [-0.39, 0.29) is 0 Å². The van der Waals surface area contributed by atoms with Gasteiger partial charge in [-0.25, -0.2) is 0 Å². The van der Waals surface area contributed by atoms with Gasteiger partial charge in [0.2, 0.25) is 0 Å². The Hall–Kier alpha value is -2.14. The Bertz CT molecular complexity index is 595. The SMILES string of the molecule is C\C=C(/N=C(C)\C=C/C(C)CN)C1=CC=C(N(C)CCC=N)N(C)C1. The molecule has 0 fully saturated rings. The molecule has 0 saturated carbocycles. The molecule has 1 rings (SSSR count). The van der Waals surface area contributed by atoms with Gasteiger partial charge in [0.25, 0.3) is 0 Å². The molecule has 0 aromatic heterocycles. The van der Waals surface area contributed by atoms with Gasteiger partial charge in [0.15, 0.2) is 0 Å². The Kier molecular flexibility index (Phi) is 8.92. The molecule has 5 heteroatoms. The van der Waals surface area contributed by atoms with Crippen LogP contribution in [-0.2, 0) is 0 Å². The van der Waals surface area contributed by atoms with E-state index in [4.69, 9.17) is 16.1 Å². The van der Waals surface area contributed by atoms with E-state index in [2.05, 4.69) is 55.1 Å². The Morgan fingerprint density at radius 1 is 1.48 bits per heavy atom. The minimum atomic E-state index is 0.362. The zero-order valence-electron chi connectivity index (χ0n) is 16.3. The fraction of sp³-hybridized carbons (Fsp3) is 0.500. The second-order valence-electron chi connectivity index (χ2n) is 6.49. The predicted octanol–water partition coefficient (Wildman–Crippen LogP) is 3.19. The van der Waals surface area contributed by atoms with Gasteiger partial charge in [-0.15, -0.1) is 0 Å². The fourth-order valence-electron chi connectivity index (χ4n) is 2.58. The number of hydrogen-bond donors (Lipinski definition) is 2. The van der Waals surface area contributed by atoms with Crippen molar-refractivity contribution in [1.29, 1.82) is 5.41 Å². The normalized spacial score (nSPS) is 17.4. The molecule has 0 aromatic rings. The summed E-state index contributed by atoms with van der Waals surface area (Å²) in [6.07, 6.45) is 12.7. The average Bonchev–Trinajstić information content (AvgIpc) is 2.61. The molecule has 0 radical (unpaired) electrons. The summed E-state index contributed by atoms with van der Waals surface area (Å²) in [5, 5.41) is 7.18. The smallest absolute Gasteiger partial charge is 0.104 e. The third-order valence-corrected chi connectivity index (χ3v) is 4.17. The molecular formula is C20H33N5. The number of nitrogens with two attached hydrogens (primary N) is 1. The molecule has 5 nitrogen and oxygen atoms in total. The Balaban J connectivity index is 2.91. The lowest BCUT2D eigenvalue weighted by molar-refractivity contribution is 0.283. The van der Waals surface area contributed by atoms with Gasteiger partial charge < -0.3 is 20.9 Å². The lowest BCUT2D eigenvalue weighted by Gasteiger charge is -2.33. The maximum Gasteiger partial charge on any atom is 0.104 e. The molecular weight excluding hydrogens is 310 g/mol. The maximum absolute atomic E-state index is 7.18. The van der Waals surface area contributed by atoms with E-state index in [0.717, 1.165) is 30.9 Å². The average molecular weight is 344 g/mol. The van der Waals surface area contributed by atoms with Crippen molar-refractivity contribution in [3.8, 4) is 0 Å². The molecule has 0 bridgehead atoms. The monoisotopic (exact) mass is 343 g/mol. The molecule has 25 heavy (non-hydrogen) atoms. The first-order valence-electron chi connectivity index (χ1n) is 8.85. The van der Waals surface area contributed by atoms with Crippen molar-refractivity contribution < 1.29 is 0 Å². The number of nitrogens with one attached hydrogen (secondary N) is 1. The van der Waals surface area contributed by atoms with Crippen LogP contribution in [0.15, 0.2) is 52.5 Å². The fourth-order valence-corrected chi connectivity index (χ4v) is 2.58. The highest BCUT2D eigenvalue weighted by molar-refractivity contribution is 5.93. The van der Waals surface area contributed by atoms with Gasteiger partial charge in [0.1, 0.15) is 5.82 Å². The maximum atomic E-state index is 7.18.